The van der Waals surface area contributed by atoms with E-state index in [1.54, 1.807) is 0 Å². The van der Waals surface area contributed by atoms with Crippen LogP contribution in [0.15, 0.2) is 36.4 Å². The van der Waals surface area contributed by atoms with Gasteiger partial charge >= 0.3 is 18.4 Å². The highest BCUT2D eigenvalue weighted by molar-refractivity contribution is 6.32. The first-order valence-electron chi connectivity index (χ1n) is 12.7. The molecule has 1 amide bonds. The zero-order chi connectivity index (χ0) is 32.7. The Balaban J connectivity index is 1.97. The van der Waals surface area contributed by atoms with E-state index in [0.29, 0.717) is 22.1 Å². The van der Waals surface area contributed by atoms with E-state index >= 15 is 13.2 Å². The van der Waals surface area contributed by atoms with Gasteiger partial charge in [0.25, 0.3) is 0 Å². The van der Waals surface area contributed by atoms with Gasteiger partial charge in [-0.05, 0) is 55.5 Å². The van der Waals surface area contributed by atoms with Gasteiger partial charge in [0.15, 0.2) is 6.29 Å². The lowest BCUT2D eigenvalue weighted by atomic mass is 9.93. The van der Waals surface area contributed by atoms with Crippen LogP contribution in [0, 0.1) is 13.8 Å². The number of aryl methyl sites for hydroxylation is 2. The van der Waals surface area contributed by atoms with Crippen molar-refractivity contribution in [3.63, 3.8) is 0 Å². The minimum absolute atomic E-state index is 0.0232. The summed E-state index contributed by atoms with van der Waals surface area (Å²) in [5.41, 5.74) is -1.76. The smallest absolute Gasteiger partial charge is 0.335 e. The third-order valence-corrected chi connectivity index (χ3v) is 7.59. The molecule has 0 bridgehead atoms. The number of nitrogens with one attached hydrogen (secondary N) is 1. The van der Waals surface area contributed by atoms with Crippen LogP contribution in [0.4, 0.5) is 39.5 Å². The van der Waals surface area contributed by atoms with Crippen LogP contribution >= 0.6 is 11.6 Å². The fourth-order valence-corrected chi connectivity index (χ4v) is 4.73. The maximum atomic E-state index is 15.6. The maximum Gasteiger partial charge on any atom is 0.406 e. The van der Waals surface area contributed by atoms with Crippen molar-refractivity contribution in [3.8, 4) is 0 Å². The van der Waals surface area contributed by atoms with E-state index in [9.17, 15) is 35.9 Å². The molecule has 1 N–H and O–H groups in total. The van der Waals surface area contributed by atoms with Crippen LogP contribution in [0.3, 0.4) is 0 Å². The fourth-order valence-electron chi connectivity index (χ4n) is 4.63. The fraction of sp³-hybridized carbons (Fsp3) is 0.429. The molecule has 1 unspecified atom stereocenters. The van der Waals surface area contributed by atoms with Crippen LogP contribution in [-0.4, -0.2) is 60.6 Å². The minimum atomic E-state index is -4.98. The molecule has 43 heavy (non-hydrogen) atoms. The van der Waals surface area contributed by atoms with Crippen molar-refractivity contribution in [2.24, 2.45) is 0 Å². The predicted octanol–water partition coefficient (Wildman–Crippen LogP) is 7.46. The summed E-state index contributed by atoms with van der Waals surface area (Å²) in [6.45, 7) is 1.32. The molecule has 2 aromatic carbocycles. The molecule has 0 aliphatic heterocycles. The Morgan fingerprint density at radius 1 is 1.02 bits per heavy atom. The van der Waals surface area contributed by atoms with Gasteiger partial charge in [0.2, 0.25) is 5.91 Å². The Bertz CT molecular complexity index is 1400. The van der Waals surface area contributed by atoms with Gasteiger partial charge in [0, 0.05) is 35.8 Å². The predicted molar refractivity (Wildman–Crippen MR) is 141 cm³/mol. The third kappa shape index (κ3) is 7.71. The number of nitrogens with zero attached hydrogens (tertiary/aromatic N) is 2. The monoisotopic (exact) mass is 643 g/mol. The summed E-state index contributed by atoms with van der Waals surface area (Å²) in [6.07, 6.45) is -9.62. The minimum Gasteiger partial charge on any atom is -0.335 e. The summed E-state index contributed by atoms with van der Waals surface area (Å²) in [5.74, 6) is -5.09. The molecule has 0 radical (unpaired) electrons. The lowest BCUT2D eigenvalue weighted by molar-refractivity contribution is -0.182. The molecule has 15 heteroatoms. The molecule has 3 rings (SSSR count). The maximum absolute atomic E-state index is 15.6. The zero-order valence-electron chi connectivity index (χ0n) is 23.2. The van der Waals surface area contributed by atoms with Gasteiger partial charge < -0.3 is 4.90 Å². The summed E-state index contributed by atoms with van der Waals surface area (Å²) in [5, 5.41) is 0.329. The number of carbonyl (C=O) groups is 2. The second-order valence-corrected chi connectivity index (χ2v) is 10.9. The van der Waals surface area contributed by atoms with Crippen molar-refractivity contribution in [1.29, 1.82) is 0 Å². The van der Waals surface area contributed by atoms with Crippen LogP contribution < -0.4 is 5.43 Å². The van der Waals surface area contributed by atoms with E-state index in [2.05, 4.69) is 5.43 Å². The number of hydrazine groups is 1. The second-order valence-electron chi connectivity index (χ2n) is 10.5. The molecule has 5 nitrogen and oxygen atoms in total. The quantitative estimate of drug-likeness (QED) is 0.126. The lowest BCUT2D eigenvalue weighted by Gasteiger charge is -2.34. The van der Waals surface area contributed by atoms with Gasteiger partial charge in [-0.15, -0.1) is 0 Å². The van der Waals surface area contributed by atoms with Crippen molar-refractivity contribution < 1.29 is 49.1 Å². The number of halogens is 10. The van der Waals surface area contributed by atoms with Crippen LogP contribution in [0.1, 0.15) is 56.9 Å². The van der Waals surface area contributed by atoms with Crippen molar-refractivity contribution in [1.82, 2.24) is 15.3 Å². The molecule has 0 heterocycles. The number of likely N-dealkylation sites (N-methyl/N-ethyl adjacent to an activating group) is 1. The first-order valence-corrected chi connectivity index (χ1v) is 13.0. The largest absolute Gasteiger partial charge is 0.406 e. The van der Waals surface area contributed by atoms with E-state index in [0.717, 1.165) is 38.4 Å². The van der Waals surface area contributed by atoms with Gasteiger partial charge in [0.05, 0.1) is 0 Å². The molecular formula is C28H27ClF9N3O2. The van der Waals surface area contributed by atoms with Crippen LogP contribution in [0.5, 0.6) is 0 Å². The van der Waals surface area contributed by atoms with E-state index in [-0.39, 0.29) is 40.8 Å². The second kappa shape index (κ2) is 12.1. The highest BCUT2D eigenvalue weighted by atomic mass is 35.5. The van der Waals surface area contributed by atoms with Gasteiger partial charge in [-0.2, -0.15) is 40.1 Å². The van der Waals surface area contributed by atoms with E-state index in [1.807, 2.05) is 0 Å². The van der Waals surface area contributed by atoms with Crippen LogP contribution in [0.2, 0.25) is 5.02 Å². The zero-order valence-corrected chi connectivity index (χ0v) is 24.0. The van der Waals surface area contributed by atoms with E-state index in [4.69, 9.17) is 11.6 Å². The van der Waals surface area contributed by atoms with Gasteiger partial charge in [0.1, 0.15) is 23.8 Å². The van der Waals surface area contributed by atoms with Crippen molar-refractivity contribution in [2.75, 3.05) is 20.6 Å². The Morgan fingerprint density at radius 3 is 2.05 bits per heavy atom. The number of rotatable bonds is 10. The average molecular weight is 644 g/mol. The number of benzene rings is 2. The molecule has 0 spiro atoms. The Morgan fingerprint density at radius 2 is 1.58 bits per heavy atom. The highest BCUT2D eigenvalue weighted by Gasteiger charge is 2.55. The first kappa shape index (κ1) is 34.4. The summed E-state index contributed by atoms with van der Waals surface area (Å²) in [6, 6.07) is 0.228. The Hall–Kier alpha value is -3.10. The van der Waals surface area contributed by atoms with E-state index in [1.165, 1.54) is 13.8 Å². The molecule has 1 atom stereocenters. The molecule has 236 valence electrons. The van der Waals surface area contributed by atoms with Crippen LogP contribution in [0.25, 0.3) is 5.83 Å². The molecule has 0 aromatic heterocycles. The molecule has 1 aliphatic carbocycles. The number of aldehydes is 1. The number of hydrogen-bond donors (Lipinski definition) is 1. The molecule has 1 fully saturated rings. The first-order chi connectivity index (χ1) is 19.6. The normalized spacial score (nSPS) is 16.3. The summed E-state index contributed by atoms with van der Waals surface area (Å²) >= 11 is 6.04. The van der Waals surface area contributed by atoms with Crippen molar-refractivity contribution >= 4 is 29.6 Å². The van der Waals surface area contributed by atoms with Gasteiger partial charge in [-0.1, -0.05) is 35.9 Å². The number of alkyl halides is 8. The molecular weight excluding hydrogens is 617 g/mol. The average Bonchev–Trinajstić information content (AvgIpc) is 3.67. The number of hydrogen-bond acceptors (Lipinski definition) is 4. The Labute approximate surface area is 246 Å². The topological polar surface area (TPSA) is 52.7 Å². The number of amides is 1. The van der Waals surface area contributed by atoms with Crippen LogP contribution in [-0.2, 0) is 10.8 Å². The lowest BCUT2D eigenvalue weighted by Crippen LogP contribution is -2.58. The van der Waals surface area contributed by atoms with Crippen molar-refractivity contribution in [2.45, 2.75) is 56.5 Å². The highest BCUT2D eigenvalue weighted by Crippen LogP contribution is 2.43. The summed E-state index contributed by atoms with van der Waals surface area (Å²) in [4.78, 5) is 24.5. The SMILES string of the molecule is Cc1cc(C(/C=C(\F)c2ccc(C=O)c(C(F)(F)N(C)NC3(C(=O)N(C)CC(F)(F)F)CC3)c2)C(F)(F)F)cc(C)c1Cl. The third-order valence-electron chi connectivity index (χ3n) is 6.99. The molecule has 0 saturated heterocycles. The van der Waals surface area contributed by atoms with Gasteiger partial charge in [-0.25, -0.2) is 9.82 Å². The number of carbonyl (C=O) groups excluding carboxylic acids is 2. The summed E-state index contributed by atoms with van der Waals surface area (Å²) in [7, 11) is 1.62. The molecule has 1 aliphatic rings. The van der Waals surface area contributed by atoms with Crippen molar-refractivity contribution in [3.05, 3.63) is 74.8 Å². The number of allylic oxidation sites excluding steroid dienone is 1. The standard InChI is InChI=1S/C28H27ClF9N3O2/c1-15-9-19(10-16(2)23(15)29)20(27(34,35)36)12-22(30)17-5-6-18(13-42)21(11-17)28(37,38)41(4)39-25(7-8-25)24(43)40(3)14-26(31,32)33/h5-6,9-13,20,39H,7-8,14H2,1-4H3/b22-12-. The molecule has 2 aromatic rings. The van der Waals surface area contributed by atoms with Gasteiger partial charge in [-0.3, -0.25) is 9.59 Å². The Kier molecular flexibility index (Phi) is 9.69. The molecule has 1 saturated carbocycles. The summed E-state index contributed by atoms with van der Waals surface area (Å²) < 4.78 is 127. The van der Waals surface area contributed by atoms with E-state index < -0.39 is 64.8 Å².